The van der Waals surface area contributed by atoms with E-state index >= 15 is 0 Å². The number of hydrogen-bond donors (Lipinski definition) is 2. The number of aromatic nitrogens is 1. The lowest BCUT2D eigenvalue weighted by Gasteiger charge is -2.07. The van der Waals surface area contributed by atoms with Crippen molar-refractivity contribution in [3.8, 4) is 12.3 Å². The van der Waals surface area contributed by atoms with Gasteiger partial charge in [0.2, 0.25) is 0 Å². The van der Waals surface area contributed by atoms with E-state index in [1.807, 2.05) is 13.8 Å². The van der Waals surface area contributed by atoms with Crippen molar-refractivity contribution in [1.29, 1.82) is 0 Å². The first kappa shape index (κ1) is 18.6. The largest absolute Gasteiger partial charge is 0.377 e. The molecule has 2 N–H and O–H groups in total. The van der Waals surface area contributed by atoms with Crippen LogP contribution in [0.5, 0.6) is 0 Å². The molecule has 7 heteroatoms. The normalized spacial score (nSPS) is 9.78. The Morgan fingerprint density at radius 1 is 1.30 bits per heavy atom. The van der Waals surface area contributed by atoms with Gasteiger partial charge in [0.15, 0.2) is 0 Å². The highest BCUT2D eigenvalue weighted by Gasteiger charge is 2.05. The maximum absolute atomic E-state index is 11.9. The molecular formula is C16H22N4O3. The van der Waals surface area contributed by atoms with Gasteiger partial charge in [0.25, 0.3) is 5.91 Å². The van der Waals surface area contributed by atoms with Gasteiger partial charge in [-0.3, -0.25) is 10.2 Å². The van der Waals surface area contributed by atoms with Crippen LogP contribution >= 0.6 is 0 Å². The minimum absolute atomic E-state index is 0.202. The van der Waals surface area contributed by atoms with Gasteiger partial charge in [-0.1, -0.05) is 5.92 Å². The Morgan fingerprint density at radius 2 is 2.09 bits per heavy atom. The Labute approximate surface area is 136 Å². The van der Waals surface area contributed by atoms with Crippen LogP contribution in [0.15, 0.2) is 23.4 Å². The molecule has 23 heavy (non-hydrogen) atoms. The number of carbonyl (C=O) groups excluding carboxylic acids is 1. The highest BCUT2D eigenvalue weighted by atomic mass is 16.5. The number of rotatable bonds is 10. The Bertz CT molecular complexity index is 545. The molecule has 0 unspecified atom stereocenters. The summed E-state index contributed by atoms with van der Waals surface area (Å²) in [5.41, 5.74) is 4.16. The molecule has 0 aromatic carbocycles. The van der Waals surface area contributed by atoms with Crippen LogP contribution in [0.1, 0.15) is 24.2 Å². The predicted molar refractivity (Wildman–Crippen MR) is 89.4 cm³/mol. The number of hydrogen-bond acceptors (Lipinski definition) is 6. The van der Waals surface area contributed by atoms with Crippen molar-refractivity contribution in [3.63, 3.8) is 0 Å². The number of ether oxygens (including phenoxy) is 2. The summed E-state index contributed by atoms with van der Waals surface area (Å²) >= 11 is 0. The highest BCUT2D eigenvalue weighted by Crippen LogP contribution is 2.05. The molecular weight excluding hydrogens is 296 g/mol. The van der Waals surface area contributed by atoms with Crippen LogP contribution in [0.4, 0.5) is 5.82 Å². The zero-order chi connectivity index (χ0) is 16.9. The van der Waals surface area contributed by atoms with Crippen LogP contribution in [0.3, 0.4) is 0 Å². The molecule has 0 aliphatic heterocycles. The third-order valence-corrected chi connectivity index (χ3v) is 2.51. The van der Waals surface area contributed by atoms with E-state index < -0.39 is 0 Å². The van der Waals surface area contributed by atoms with Gasteiger partial charge in [0.1, 0.15) is 12.4 Å². The molecule has 1 aromatic heterocycles. The molecule has 7 nitrogen and oxygen atoms in total. The van der Waals surface area contributed by atoms with Crippen LogP contribution in [0, 0.1) is 12.3 Å². The smallest absolute Gasteiger partial charge is 0.252 e. The summed E-state index contributed by atoms with van der Waals surface area (Å²) in [6.07, 6.45) is 6.53. The molecule has 0 saturated carbocycles. The summed E-state index contributed by atoms with van der Waals surface area (Å²) < 4.78 is 10.3. The lowest BCUT2D eigenvalue weighted by atomic mass is 10.2. The van der Waals surface area contributed by atoms with Crippen molar-refractivity contribution in [2.24, 2.45) is 5.10 Å². The summed E-state index contributed by atoms with van der Waals surface area (Å²) in [6.45, 7) is 5.72. The number of carbonyl (C=O) groups is 1. The third kappa shape index (κ3) is 8.56. The zero-order valence-electron chi connectivity index (χ0n) is 13.5. The standard InChI is InChI=1S/C16H22N4O3/c1-4-8-22-10-11-23-9-7-17-16(21)14-5-6-15(18-12-14)20-19-13(2)3/h1,5-6,12H,7-11H2,2-3H3,(H,17,21)(H,18,20). The highest BCUT2D eigenvalue weighted by molar-refractivity contribution is 5.94. The Hall–Kier alpha value is -2.43. The van der Waals surface area contributed by atoms with Crippen molar-refractivity contribution in [2.45, 2.75) is 13.8 Å². The number of terminal acetylenes is 1. The average molecular weight is 318 g/mol. The molecule has 0 saturated heterocycles. The second kappa shape index (κ2) is 11.2. The lowest BCUT2D eigenvalue weighted by Crippen LogP contribution is -2.27. The summed E-state index contributed by atoms with van der Waals surface area (Å²) in [6, 6.07) is 3.38. The van der Waals surface area contributed by atoms with Crippen molar-refractivity contribution in [2.75, 3.05) is 38.4 Å². The molecule has 0 aliphatic carbocycles. The molecule has 124 valence electrons. The van der Waals surface area contributed by atoms with Gasteiger partial charge < -0.3 is 14.8 Å². The van der Waals surface area contributed by atoms with Crippen LogP contribution in [0.25, 0.3) is 0 Å². The first-order valence-corrected chi connectivity index (χ1v) is 7.23. The van der Waals surface area contributed by atoms with Gasteiger partial charge in [-0.15, -0.1) is 6.42 Å². The molecule has 1 rings (SSSR count). The Morgan fingerprint density at radius 3 is 2.74 bits per heavy atom. The van der Waals surface area contributed by atoms with Gasteiger partial charge in [0.05, 0.1) is 25.4 Å². The second-order valence-electron chi connectivity index (χ2n) is 4.73. The minimum Gasteiger partial charge on any atom is -0.377 e. The van der Waals surface area contributed by atoms with Crippen LogP contribution in [-0.4, -0.2) is 49.6 Å². The second-order valence-corrected chi connectivity index (χ2v) is 4.73. The average Bonchev–Trinajstić information content (AvgIpc) is 2.55. The Kier molecular flexibility index (Phi) is 9.05. The molecule has 0 spiro atoms. The number of nitrogens with zero attached hydrogens (tertiary/aromatic N) is 2. The van der Waals surface area contributed by atoms with E-state index in [1.54, 1.807) is 12.1 Å². The number of anilines is 1. The first-order valence-electron chi connectivity index (χ1n) is 7.23. The molecule has 1 aromatic rings. The van der Waals surface area contributed by atoms with Crippen LogP contribution in [0.2, 0.25) is 0 Å². The molecule has 0 aliphatic rings. The maximum Gasteiger partial charge on any atom is 0.252 e. The van der Waals surface area contributed by atoms with Crippen molar-refractivity contribution >= 4 is 17.4 Å². The molecule has 1 amide bonds. The van der Waals surface area contributed by atoms with Gasteiger partial charge >= 0.3 is 0 Å². The first-order chi connectivity index (χ1) is 11.1. The number of pyridine rings is 1. The summed E-state index contributed by atoms with van der Waals surface area (Å²) in [7, 11) is 0. The summed E-state index contributed by atoms with van der Waals surface area (Å²) in [5, 5.41) is 6.78. The van der Waals surface area contributed by atoms with Crippen molar-refractivity contribution < 1.29 is 14.3 Å². The molecule has 0 radical (unpaired) electrons. The van der Waals surface area contributed by atoms with E-state index in [0.717, 1.165) is 5.71 Å². The van der Waals surface area contributed by atoms with E-state index in [-0.39, 0.29) is 12.5 Å². The van der Waals surface area contributed by atoms with Crippen molar-refractivity contribution in [3.05, 3.63) is 23.9 Å². The van der Waals surface area contributed by atoms with E-state index in [9.17, 15) is 4.79 Å². The van der Waals surface area contributed by atoms with Crippen molar-refractivity contribution in [1.82, 2.24) is 10.3 Å². The van der Waals surface area contributed by atoms with Gasteiger partial charge in [-0.2, -0.15) is 5.10 Å². The zero-order valence-corrected chi connectivity index (χ0v) is 13.5. The minimum atomic E-state index is -0.202. The summed E-state index contributed by atoms with van der Waals surface area (Å²) in [4.78, 5) is 16.0. The topological polar surface area (TPSA) is 84.8 Å². The number of hydrazone groups is 1. The summed E-state index contributed by atoms with van der Waals surface area (Å²) in [5.74, 6) is 2.75. The predicted octanol–water partition coefficient (Wildman–Crippen LogP) is 1.29. The molecule has 0 atom stereocenters. The van der Waals surface area contributed by atoms with Crippen LogP contribution < -0.4 is 10.7 Å². The molecule has 0 bridgehead atoms. The SMILES string of the molecule is C#CCOCCOCCNC(=O)c1ccc(NN=C(C)C)nc1. The van der Waals surface area contributed by atoms with E-state index in [0.29, 0.717) is 37.7 Å². The van der Waals surface area contributed by atoms with Gasteiger partial charge in [-0.25, -0.2) is 4.98 Å². The lowest BCUT2D eigenvalue weighted by molar-refractivity contribution is 0.0600. The molecule has 0 fully saturated rings. The number of nitrogens with one attached hydrogen (secondary N) is 2. The fourth-order valence-electron chi connectivity index (χ4n) is 1.45. The number of amides is 1. The third-order valence-electron chi connectivity index (χ3n) is 2.51. The Balaban J connectivity index is 2.22. The maximum atomic E-state index is 11.9. The van der Waals surface area contributed by atoms with Crippen LogP contribution in [-0.2, 0) is 9.47 Å². The van der Waals surface area contributed by atoms with Gasteiger partial charge in [-0.05, 0) is 26.0 Å². The van der Waals surface area contributed by atoms with E-state index in [1.165, 1.54) is 6.20 Å². The fraction of sp³-hybridized carbons (Fsp3) is 0.438. The monoisotopic (exact) mass is 318 g/mol. The molecule has 1 heterocycles. The van der Waals surface area contributed by atoms with E-state index in [2.05, 4.69) is 26.7 Å². The van der Waals surface area contributed by atoms with E-state index in [4.69, 9.17) is 15.9 Å². The quantitative estimate of drug-likeness (QED) is 0.294. The fourth-order valence-corrected chi connectivity index (χ4v) is 1.45. The van der Waals surface area contributed by atoms with Gasteiger partial charge in [0, 0.05) is 18.5 Å².